The molecule has 0 saturated heterocycles. The normalized spacial score (nSPS) is 10.8. The highest BCUT2D eigenvalue weighted by Crippen LogP contribution is 2.20. The van der Waals surface area contributed by atoms with Crippen LogP contribution in [0.2, 0.25) is 0 Å². The van der Waals surface area contributed by atoms with Crippen LogP contribution in [0.1, 0.15) is 16.2 Å². The molecule has 0 unspecified atom stereocenters. The van der Waals surface area contributed by atoms with E-state index < -0.39 is 11.7 Å². The summed E-state index contributed by atoms with van der Waals surface area (Å²) >= 11 is 4.34. The van der Waals surface area contributed by atoms with E-state index in [2.05, 4.69) is 51.8 Å². The molecule has 3 aromatic rings. The minimum atomic E-state index is -0.457. The smallest absolute Gasteiger partial charge is 0.276 e. The Morgan fingerprint density at radius 1 is 1.44 bits per heavy atom. The van der Waals surface area contributed by atoms with Crippen molar-refractivity contribution in [1.82, 2.24) is 15.3 Å². The molecule has 1 amide bonds. The summed E-state index contributed by atoms with van der Waals surface area (Å²) < 4.78 is 18.0. The van der Waals surface area contributed by atoms with Crippen molar-refractivity contribution in [2.45, 2.75) is 0 Å². The summed E-state index contributed by atoms with van der Waals surface area (Å²) in [6.07, 6.45) is 1.18. The Labute approximate surface area is 151 Å². The van der Waals surface area contributed by atoms with Gasteiger partial charge in [-0.1, -0.05) is 5.16 Å². The second-order valence-corrected chi connectivity index (χ2v) is 5.96. The van der Waals surface area contributed by atoms with Crippen LogP contribution in [0, 0.1) is 5.82 Å². The molecule has 0 aliphatic rings. The maximum absolute atomic E-state index is 13.1. The standard InChI is InChI=1S/C13H8BrFN6O3S/c14-8-3-7(1-2-9(8)15)19-23-17-4-10-12(21-24-20-10)18-13(22)11-5-25-6-16-11/h1-6,19H,(H,18,21,22)/b17-4+. The van der Waals surface area contributed by atoms with Gasteiger partial charge in [0.15, 0.2) is 5.69 Å². The lowest BCUT2D eigenvalue weighted by Crippen LogP contribution is -2.13. The fourth-order valence-corrected chi connectivity index (χ4v) is 2.49. The van der Waals surface area contributed by atoms with Gasteiger partial charge in [-0.15, -0.1) is 11.3 Å². The maximum Gasteiger partial charge on any atom is 0.276 e. The summed E-state index contributed by atoms with van der Waals surface area (Å²) in [4.78, 5) is 20.6. The van der Waals surface area contributed by atoms with Crippen molar-refractivity contribution in [2.75, 3.05) is 10.8 Å². The number of benzene rings is 1. The molecule has 0 bridgehead atoms. The lowest BCUT2D eigenvalue weighted by atomic mass is 10.3. The quantitative estimate of drug-likeness (QED) is 0.459. The van der Waals surface area contributed by atoms with Crippen LogP contribution in [-0.4, -0.2) is 27.4 Å². The molecule has 3 rings (SSSR count). The van der Waals surface area contributed by atoms with Gasteiger partial charge in [-0.2, -0.15) is 5.48 Å². The molecule has 9 nitrogen and oxygen atoms in total. The number of oxime groups is 1. The first-order valence-electron chi connectivity index (χ1n) is 6.56. The summed E-state index contributed by atoms with van der Waals surface area (Å²) in [5.41, 5.74) is 4.88. The lowest BCUT2D eigenvalue weighted by Gasteiger charge is -2.03. The molecule has 0 aliphatic heterocycles. The Morgan fingerprint density at radius 2 is 2.32 bits per heavy atom. The summed E-state index contributed by atoms with van der Waals surface area (Å²) in [6, 6.07) is 4.20. The van der Waals surface area contributed by atoms with Crippen LogP contribution in [-0.2, 0) is 4.94 Å². The molecular formula is C13H8BrFN6O3S. The molecule has 2 aromatic heterocycles. The number of halogens is 2. The monoisotopic (exact) mass is 426 g/mol. The zero-order valence-electron chi connectivity index (χ0n) is 12.1. The molecule has 0 saturated carbocycles. The van der Waals surface area contributed by atoms with Crippen LogP contribution >= 0.6 is 27.3 Å². The van der Waals surface area contributed by atoms with Crippen molar-refractivity contribution in [1.29, 1.82) is 0 Å². The molecule has 128 valence electrons. The fourth-order valence-electron chi connectivity index (χ4n) is 1.58. The fraction of sp³-hybridized carbons (Fsp3) is 0. The summed E-state index contributed by atoms with van der Waals surface area (Å²) in [5.74, 6) is -0.792. The predicted molar refractivity (Wildman–Crippen MR) is 90.8 cm³/mol. The predicted octanol–water partition coefficient (Wildman–Crippen LogP) is 3.06. The number of hydrogen-bond acceptors (Lipinski definition) is 9. The molecule has 25 heavy (non-hydrogen) atoms. The largest absolute Gasteiger partial charge is 0.300 e. The molecule has 12 heteroatoms. The van der Waals surface area contributed by atoms with E-state index in [0.29, 0.717) is 5.69 Å². The minimum absolute atomic E-state index is 0.0647. The van der Waals surface area contributed by atoms with Gasteiger partial charge >= 0.3 is 0 Å². The average Bonchev–Trinajstić information content (AvgIpc) is 3.27. The second-order valence-electron chi connectivity index (χ2n) is 4.38. The van der Waals surface area contributed by atoms with E-state index in [4.69, 9.17) is 4.94 Å². The van der Waals surface area contributed by atoms with Crippen LogP contribution in [0.25, 0.3) is 0 Å². The third-order valence-corrected chi connectivity index (χ3v) is 3.92. The van der Waals surface area contributed by atoms with Gasteiger partial charge < -0.3 is 5.32 Å². The van der Waals surface area contributed by atoms with E-state index in [1.54, 1.807) is 5.38 Å². The molecule has 0 fully saturated rings. The number of thiazole rings is 1. The number of nitrogens with one attached hydrogen (secondary N) is 2. The number of nitrogens with zero attached hydrogens (tertiary/aromatic N) is 4. The van der Waals surface area contributed by atoms with Crippen LogP contribution in [0.3, 0.4) is 0 Å². The van der Waals surface area contributed by atoms with Crippen LogP contribution in [0.15, 0.2) is 43.3 Å². The summed E-state index contributed by atoms with van der Waals surface area (Å²) in [5, 5.41) is 14.8. The van der Waals surface area contributed by atoms with Gasteiger partial charge in [0.25, 0.3) is 5.91 Å². The third-order valence-electron chi connectivity index (χ3n) is 2.72. The number of aromatic nitrogens is 3. The minimum Gasteiger partial charge on any atom is -0.300 e. The van der Waals surface area contributed by atoms with Gasteiger partial charge in [-0.05, 0) is 44.4 Å². The molecule has 2 N–H and O–H groups in total. The molecule has 0 aliphatic carbocycles. The number of anilines is 2. The third kappa shape index (κ3) is 4.36. The summed E-state index contributed by atoms with van der Waals surface area (Å²) in [7, 11) is 0. The van der Waals surface area contributed by atoms with Crippen molar-refractivity contribution in [2.24, 2.45) is 5.16 Å². The van der Waals surface area contributed by atoms with E-state index in [0.717, 1.165) is 0 Å². The highest BCUT2D eigenvalue weighted by molar-refractivity contribution is 9.10. The van der Waals surface area contributed by atoms with Crippen LogP contribution in [0.4, 0.5) is 15.9 Å². The number of amides is 1. The Bertz CT molecular complexity index is 901. The van der Waals surface area contributed by atoms with Gasteiger partial charge in [0.2, 0.25) is 5.82 Å². The van der Waals surface area contributed by atoms with E-state index in [1.165, 1.54) is 41.3 Å². The SMILES string of the molecule is O=C(Nc1nonc1/C=N/ONc1ccc(F)c(Br)c1)c1cscn1. The second kappa shape index (κ2) is 7.81. The summed E-state index contributed by atoms with van der Waals surface area (Å²) in [6.45, 7) is 0. The first-order valence-corrected chi connectivity index (χ1v) is 8.29. The lowest BCUT2D eigenvalue weighted by molar-refractivity contribution is 0.102. The molecular weight excluding hydrogens is 419 g/mol. The van der Waals surface area contributed by atoms with Gasteiger partial charge in [-0.3, -0.25) is 9.73 Å². The average molecular weight is 427 g/mol. The highest BCUT2D eigenvalue weighted by Gasteiger charge is 2.14. The Morgan fingerprint density at radius 3 is 3.08 bits per heavy atom. The number of hydrogen-bond donors (Lipinski definition) is 2. The van der Waals surface area contributed by atoms with Crippen molar-refractivity contribution in [3.05, 3.63) is 50.8 Å². The molecule has 0 spiro atoms. The Balaban J connectivity index is 1.58. The molecule has 0 atom stereocenters. The van der Waals surface area contributed by atoms with Crippen molar-refractivity contribution >= 4 is 50.9 Å². The molecule has 2 heterocycles. The topological polar surface area (TPSA) is 115 Å². The number of carbonyl (C=O) groups is 1. The Hall–Kier alpha value is -2.86. The first-order chi connectivity index (χ1) is 12.1. The van der Waals surface area contributed by atoms with Gasteiger partial charge in [0.05, 0.1) is 15.7 Å². The van der Waals surface area contributed by atoms with Crippen molar-refractivity contribution < 1.29 is 18.8 Å². The van der Waals surface area contributed by atoms with Crippen molar-refractivity contribution in [3.63, 3.8) is 0 Å². The van der Waals surface area contributed by atoms with Gasteiger partial charge in [0, 0.05) is 5.38 Å². The van der Waals surface area contributed by atoms with Crippen molar-refractivity contribution in [3.8, 4) is 0 Å². The van der Waals surface area contributed by atoms with Crippen LogP contribution in [0.5, 0.6) is 0 Å². The van der Waals surface area contributed by atoms with E-state index in [-0.39, 0.29) is 21.7 Å². The highest BCUT2D eigenvalue weighted by atomic mass is 79.9. The van der Waals surface area contributed by atoms with E-state index in [1.807, 2.05) is 0 Å². The van der Waals surface area contributed by atoms with E-state index in [9.17, 15) is 9.18 Å². The number of rotatable bonds is 6. The van der Waals surface area contributed by atoms with Gasteiger partial charge in [-0.25, -0.2) is 14.0 Å². The molecule has 0 radical (unpaired) electrons. The first kappa shape index (κ1) is 17.0. The van der Waals surface area contributed by atoms with E-state index >= 15 is 0 Å². The number of carbonyl (C=O) groups excluding carboxylic acids is 1. The van der Waals surface area contributed by atoms with Crippen LogP contribution < -0.4 is 10.8 Å². The Kier molecular flexibility index (Phi) is 5.30. The van der Waals surface area contributed by atoms with Gasteiger partial charge in [0.1, 0.15) is 17.7 Å². The zero-order chi connectivity index (χ0) is 17.6. The maximum atomic E-state index is 13.1. The zero-order valence-corrected chi connectivity index (χ0v) is 14.5. The molecule has 1 aromatic carbocycles.